The number of piperidine rings is 1. The second-order valence-electron chi connectivity index (χ2n) is 9.64. The molecule has 2 fully saturated rings. The average Bonchev–Trinajstić information content (AvgIpc) is 3.59. The van der Waals surface area contributed by atoms with Gasteiger partial charge in [0.25, 0.3) is 0 Å². The van der Waals surface area contributed by atoms with Crippen LogP contribution in [0.5, 0.6) is 0 Å². The van der Waals surface area contributed by atoms with Gasteiger partial charge in [-0.05, 0) is 57.8 Å². The molecule has 4 aromatic rings. The molecule has 2 aliphatic heterocycles. The summed E-state index contributed by atoms with van der Waals surface area (Å²) in [7, 11) is 0. The molecule has 10 nitrogen and oxygen atoms in total. The fourth-order valence-corrected chi connectivity index (χ4v) is 5.23. The summed E-state index contributed by atoms with van der Waals surface area (Å²) in [6, 6.07) is 4.24. The van der Waals surface area contributed by atoms with Crippen LogP contribution in [0.4, 0.5) is 5.69 Å². The van der Waals surface area contributed by atoms with Crippen molar-refractivity contribution in [3.8, 4) is 11.4 Å². The van der Waals surface area contributed by atoms with Gasteiger partial charge >= 0.3 is 0 Å². The van der Waals surface area contributed by atoms with Crippen molar-refractivity contribution in [1.29, 1.82) is 0 Å². The van der Waals surface area contributed by atoms with Gasteiger partial charge in [-0.25, -0.2) is 9.67 Å². The van der Waals surface area contributed by atoms with Crippen LogP contribution in [-0.4, -0.2) is 67.1 Å². The number of ether oxygens (including phenoxy) is 1. The zero-order valence-electron chi connectivity index (χ0n) is 20.6. The number of pyridine rings is 2. The lowest BCUT2D eigenvalue weighted by Crippen LogP contribution is -2.33. The lowest BCUT2D eigenvalue weighted by molar-refractivity contribution is 0.0904. The fourth-order valence-electron chi connectivity index (χ4n) is 5.23. The standard InChI is InChI=1S/C26H32N8O2/c1-2-34-25-22(16-29-34)23(30-21-7-12-35-13-8-21)20(15-28-25)17-33-10-5-18(6-11-33)26-31-24(32-36-26)19-4-3-9-27-14-19/h3-4,9,14-16,18,21H,2,5-8,10-13,17H2,1H3,(H,28,30). The van der Waals surface area contributed by atoms with E-state index in [-0.39, 0.29) is 5.92 Å². The number of anilines is 1. The highest BCUT2D eigenvalue weighted by molar-refractivity contribution is 5.90. The smallest absolute Gasteiger partial charge is 0.230 e. The SMILES string of the molecule is CCn1ncc2c(NC3CCOCC3)c(CN3CCC(c4nc(-c5cccnc5)no4)CC3)cnc21. The number of fused-ring (bicyclic) bond motifs is 1. The van der Waals surface area contributed by atoms with Crippen molar-refractivity contribution in [3.63, 3.8) is 0 Å². The monoisotopic (exact) mass is 488 g/mol. The molecule has 0 aliphatic carbocycles. The van der Waals surface area contributed by atoms with Crippen molar-refractivity contribution in [2.24, 2.45) is 0 Å². The van der Waals surface area contributed by atoms with Crippen LogP contribution in [-0.2, 0) is 17.8 Å². The Hall–Kier alpha value is -3.37. The summed E-state index contributed by atoms with van der Waals surface area (Å²) in [5.41, 5.74) is 4.21. The van der Waals surface area contributed by atoms with Crippen LogP contribution in [0.2, 0.25) is 0 Å². The highest BCUT2D eigenvalue weighted by Crippen LogP contribution is 2.32. The molecule has 0 spiro atoms. The minimum Gasteiger partial charge on any atom is -0.381 e. The van der Waals surface area contributed by atoms with Gasteiger partial charge in [0, 0.05) is 68.0 Å². The van der Waals surface area contributed by atoms with Crippen LogP contribution in [0.1, 0.15) is 50.0 Å². The van der Waals surface area contributed by atoms with E-state index in [0.29, 0.717) is 11.9 Å². The van der Waals surface area contributed by atoms with Gasteiger partial charge in [0.05, 0.1) is 17.3 Å². The largest absolute Gasteiger partial charge is 0.381 e. The van der Waals surface area contributed by atoms with Gasteiger partial charge in [0.15, 0.2) is 5.65 Å². The van der Waals surface area contributed by atoms with E-state index in [1.807, 2.05) is 29.2 Å². The fraction of sp³-hybridized carbons (Fsp3) is 0.500. The quantitative estimate of drug-likeness (QED) is 0.415. The van der Waals surface area contributed by atoms with E-state index in [2.05, 4.69) is 37.4 Å². The van der Waals surface area contributed by atoms with Gasteiger partial charge in [0.2, 0.25) is 11.7 Å². The number of nitrogens with zero attached hydrogens (tertiary/aromatic N) is 7. The second kappa shape index (κ2) is 10.3. The first-order valence-electron chi connectivity index (χ1n) is 12.9. The molecule has 2 saturated heterocycles. The number of aryl methyl sites for hydroxylation is 1. The topological polar surface area (TPSA) is 107 Å². The Balaban J connectivity index is 1.16. The van der Waals surface area contributed by atoms with Crippen LogP contribution in [0.25, 0.3) is 22.4 Å². The predicted octanol–water partition coefficient (Wildman–Crippen LogP) is 3.87. The van der Waals surface area contributed by atoms with Crippen molar-refractivity contribution in [2.75, 3.05) is 31.6 Å². The molecule has 0 radical (unpaired) electrons. The van der Waals surface area contributed by atoms with Crippen LogP contribution in [0.3, 0.4) is 0 Å². The first-order valence-corrected chi connectivity index (χ1v) is 12.9. The van der Waals surface area contributed by atoms with E-state index >= 15 is 0 Å². The summed E-state index contributed by atoms with van der Waals surface area (Å²) in [4.78, 5) is 16.1. The first kappa shape index (κ1) is 23.1. The molecule has 0 amide bonds. The lowest BCUT2D eigenvalue weighted by atomic mass is 9.96. The van der Waals surface area contributed by atoms with Gasteiger partial charge in [-0.1, -0.05) is 5.16 Å². The summed E-state index contributed by atoms with van der Waals surface area (Å²) in [6.07, 6.45) is 11.5. The van der Waals surface area contributed by atoms with E-state index in [1.54, 1.807) is 12.4 Å². The number of rotatable bonds is 7. The number of likely N-dealkylation sites (tertiary alicyclic amines) is 1. The minimum absolute atomic E-state index is 0.280. The highest BCUT2D eigenvalue weighted by Gasteiger charge is 2.27. The Kier molecular flexibility index (Phi) is 6.61. The van der Waals surface area contributed by atoms with E-state index < -0.39 is 0 Å². The summed E-state index contributed by atoms with van der Waals surface area (Å²) in [5, 5.41) is 13.7. The predicted molar refractivity (Wildman–Crippen MR) is 135 cm³/mol. The number of hydrogen-bond donors (Lipinski definition) is 1. The Bertz CT molecular complexity index is 1290. The summed E-state index contributed by atoms with van der Waals surface area (Å²) in [5.74, 6) is 1.62. The van der Waals surface area contributed by atoms with Crippen molar-refractivity contribution in [2.45, 2.75) is 57.7 Å². The molecular weight excluding hydrogens is 456 g/mol. The van der Waals surface area contributed by atoms with Crippen LogP contribution in [0, 0.1) is 0 Å². The maximum Gasteiger partial charge on any atom is 0.230 e. The molecule has 2 aliphatic rings. The van der Waals surface area contributed by atoms with Gasteiger partial charge in [0.1, 0.15) is 0 Å². The highest BCUT2D eigenvalue weighted by atomic mass is 16.5. The van der Waals surface area contributed by atoms with Crippen molar-refractivity contribution in [1.82, 2.24) is 34.8 Å². The Morgan fingerprint density at radius 1 is 1.08 bits per heavy atom. The maximum atomic E-state index is 5.63. The first-order chi connectivity index (χ1) is 17.8. The zero-order valence-corrected chi connectivity index (χ0v) is 20.6. The molecule has 0 aromatic carbocycles. The number of nitrogens with one attached hydrogen (secondary N) is 1. The second-order valence-corrected chi connectivity index (χ2v) is 9.64. The third-order valence-electron chi connectivity index (χ3n) is 7.31. The Morgan fingerprint density at radius 2 is 1.94 bits per heavy atom. The van der Waals surface area contributed by atoms with E-state index in [1.165, 1.54) is 11.3 Å². The molecule has 0 saturated carbocycles. The normalized spacial score (nSPS) is 18.1. The molecule has 10 heteroatoms. The summed E-state index contributed by atoms with van der Waals surface area (Å²) in [6.45, 7) is 7.31. The van der Waals surface area contributed by atoms with E-state index in [4.69, 9.17) is 14.2 Å². The van der Waals surface area contributed by atoms with Gasteiger partial charge in [-0.15, -0.1) is 0 Å². The lowest BCUT2D eigenvalue weighted by Gasteiger charge is -2.31. The molecular formula is C26H32N8O2. The third-order valence-corrected chi connectivity index (χ3v) is 7.31. The molecule has 6 heterocycles. The molecule has 0 unspecified atom stereocenters. The van der Waals surface area contributed by atoms with E-state index in [0.717, 1.165) is 87.6 Å². The van der Waals surface area contributed by atoms with Crippen molar-refractivity contribution < 1.29 is 9.26 Å². The molecule has 1 N–H and O–H groups in total. The van der Waals surface area contributed by atoms with Crippen molar-refractivity contribution in [3.05, 3.63) is 48.4 Å². The van der Waals surface area contributed by atoms with E-state index in [9.17, 15) is 0 Å². The molecule has 0 atom stereocenters. The van der Waals surface area contributed by atoms with Crippen molar-refractivity contribution >= 4 is 16.7 Å². The maximum absolute atomic E-state index is 5.63. The van der Waals surface area contributed by atoms with Gasteiger partial charge in [-0.3, -0.25) is 9.88 Å². The molecule has 0 bridgehead atoms. The summed E-state index contributed by atoms with van der Waals surface area (Å²) < 4.78 is 13.2. The molecule has 6 rings (SSSR count). The number of hydrogen-bond acceptors (Lipinski definition) is 9. The summed E-state index contributed by atoms with van der Waals surface area (Å²) >= 11 is 0. The number of aromatic nitrogens is 6. The average molecular weight is 489 g/mol. The molecule has 188 valence electrons. The van der Waals surface area contributed by atoms with Gasteiger partial charge < -0.3 is 14.6 Å². The molecule has 36 heavy (non-hydrogen) atoms. The zero-order chi connectivity index (χ0) is 24.3. The minimum atomic E-state index is 0.280. The van der Waals surface area contributed by atoms with Crippen LogP contribution in [0.15, 0.2) is 41.4 Å². The van der Waals surface area contributed by atoms with Crippen LogP contribution < -0.4 is 5.32 Å². The van der Waals surface area contributed by atoms with Gasteiger partial charge in [-0.2, -0.15) is 10.1 Å². The van der Waals surface area contributed by atoms with Crippen LogP contribution >= 0.6 is 0 Å². The Labute approximate surface area is 210 Å². The Morgan fingerprint density at radius 3 is 2.72 bits per heavy atom. The molecule has 4 aromatic heterocycles. The third kappa shape index (κ3) is 4.70.